The summed E-state index contributed by atoms with van der Waals surface area (Å²) in [6.07, 6.45) is -3.07. The fraction of sp³-hybridized carbons (Fsp3) is 0. The van der Waals surface area contributed by atoms with Crippen LogP contribution < -0.4 is 4.90 Å². The average molecular weight is 475 g/mol. The van der Waals surface area contributed by atoms with Crippen LogP contribution in [0.15, 0.2) is 21.2 Å². The first-order chi connectivity index (χ1) is 13.2. The van der Waals surface area contributed by atoms with Gasteiger partial charge in [0.1, 0.15) is 17.9 Å². The third-order valence-electron chi connectivity index (χ3n) is 3.18. The molecule has 0 amide bonds. The topological polar surface area (TPSA) is 134 Å². The molecule has 2 aromatic rings. The maximum atomic E-state index is 14.6. The van der Waals surface area contributed by atoms with Gasteiger partial charge < -0.3 is 0 Å². The van der Waals surface area contributed by atoms with Crippen LogP contribution in [0.3, 0.4) is 0 Å². The predicted octanol–water partition coefficient (Wildman–Crippen LogP) is 3.11. The molecule has 0 saturated carbocycles. The molecule has 0 N–H and O–H groups in total. The van der Waals surface area contributed by atoms with Crippen molar-refractivity contribution in [1.29, 1.82) is 5.26 Å². The molecule has 15 heteroatoms. The number of anilines is 1. The Morgan fingerprint density at radius 2 is 1.96 bits per heavy atom. The van der Waals surface area contributed by atoms with Gasteiger partial charge in [-0.3, -0.25) is 15.0 Å². The molecule has 1 aliphatic heterocycles. The quantitative estimate of drug-likeness (QED) is 0.218. The Morgan fingerprint density at radius 1 is 1.25 bits per heavy atom. The van der Waals surface area contributed by atoms with E-state index in [-0.39, 0.29) is 15.7 Å². The molecular formula is C13H2BrClF3N8O2. The Balaban J connectivity index is 2.16. The Labute approximate surface area is 166 Å². The van der Waals surface area contributed by atoms with Crippen molar-refractivity contribution in [3.05, 3.63) is 55.9 Å². The van der Waals surface area contributed by atoms with Gasteiger partial charge in [0.05, 0.1) is 21.0 Å². The Hall–Kier alpha value is -3.18. The SMILES string of the molecule is N#CC1=C(c2nc(F)ncc2Br)N=C(F)N(c2nc(F)nc(Cl)c2[N+](=O)[O-])[CH]1. The maximum Gasteiger partial charge on any atom is 0.349 e. The fourth-order valence-corrected chi connectivity index (χ4v) is 2.69. The largest absolute Gasteiger partial charge is 0.349 e. The highest BCUT2D eigenvalue weighted by Gasteiger charge is 2.35. The molecule has 0 aromatic carbocycles. The summed E-state index contributed by atoms with van der Waals surface area (Å²) in [5.74, 6) is -0.900. The normalized spacial score (nSPS) is 14.0. The maximum absolute atomic E-state index is 14.6. The second-order valence-corrected chi connectivity index (χ2v) is 6.01. The number of hydrogen-bond donors (Lipinski definition) is 0. The molecule has 0 aliphatic carbocycles. The zero-order chi connectivity index (χ0) is 20.6. The lowest BCUT2D eigenvalue weighted by Crippen LogP contribution is -2.31. The van der Waals surface area contributed by atoms with Crippen molar-refractivity contribution in [2.45, 2.75) is 0 Å². The van der Waals surface area contributed by atoms with E-state index in [1.54, 1.807) is 6.07 Å². The smallest absolute Gasteiger partial charge is 0.270 e. The van der Waals surface area contributed by atoms with E-state index in [4.69, 9.17) is 11.6 Å². The third kappa shape index (κ3) is 3.49. The second-order valence-electron chi connectivity index (χ2n) is 4.80. The van der Waals surface area contributed by atoms with Gasteiger partial charge in [-0.25, -0.2) is 9.98 Å². The molecule has 3 rings (SSSR count). The van der Waals surface area contributed by atoms with Crippen molar-refractivity contribution in [3.8, 4) is 6.07 Å². The minimum absolute atomic E-state index is 0.0946. The minimum atomic E-state index is -1.47. The number of hydrogen-bond acceptors (Lipinski definition) is 9. The predicted molar refractivity (Wildman–Crippen MR) is 91.2 cm³/mol. The summed E-state index contributed by atoms with van der Waals surface area (Å²) in [5, 5.41) is 19.7. The first-order valence-corrected chi connectivity index (χ1v) is 7.98. The van der Waals surface area contributed by atoms with Crippen molar-refractivity contribution < 1.29 is 18.1 Å². The number of aliphatic imine (C=N–C) groups is 1. The monoisotopic (exact) mass is 473 g/mol. The molecule has 2 aromatic heterocycles. The summed E-state index contributed by atoms with van der Waals surface area (Å²) in [5.41, 5.74) is -2.05. The van der Waals surface area contributed by atoms with Crippen molar-refractivity contribution in [1.82, 2.24) is 19.9 Å². The molecule has 28 heavy (non-hydrogen) atoms. The lowest BCUT2D eigenvalue weighted by atomic mass is 10.1. The Kier molecular flexibility index (Phi) is 5.21. The highest BCUT2D eigenvalue weighted by Crippen LogP contribution is 2.37. The summed E-state index contributed by atoms with van der Waals surface area (Å²) in [7, 11) is 0. The van der Waals surface area contributed by atoms with Crippen LogP contribution in [0.4, 0.5) is 24.7 Å². The summed E-state index contributed by atoms with van der Waals surface area (Å²) in [4.78, 5) is 26.9. The van der Waals surface area contributed by atoms with Crippen LogP contribution in [0.25, 0.3) is 5.70 Å². The molecule has 0 saturated heterocycles. The summed E-state index contributed by atoms with van der Waals surface area (Å²) < 4.78 is 41.6. The highest BCUT2D eigenvalue weighted by molar-refractivity contribution is 9.10. The van der Waals surface area contributed by atoms with Crippen molar-refractivity contribution >= 4 is 50.8 Å². The van der Waals surface area contributed by atoms with Gasteiger partial charge >= 0.3 is 17.8 Å². The lowest BCUT2D eigenvalue weighted by Gasteiger charge is -2.23. The third-order valence-corrected chi connectivity index (χ3v) is 4.03. The summed E-state index contributed by atoms with van der Waals surface area (Å²) in [6.45, 7) is 0.745. The molecule has 1 aliphatic rings. The van der Waals surface area contributed by atoms with Gasteiger partial charge in [-0.1, -0.05) is 11.6 Å². The van der Waals surface area contributed by atoms with E-state index in [0.717, 1.165) is 12.7 Å². The molecule has 141 valence electrons. The van der Waals surface area contributed by atoms with E-state index in [0.29, 0.717) is 4.90 Å². The van der Waals surface area contributed by atoms with Crippen LogP contribution in [0.2, 0.25) is 5.15 Å². The molecule has 0 unspecified atom stereocenters. The van der Waals surface area contributed by atoms with Crippen LogP contribution >= 0.6 is 27.5 Å². The summed E-state index contributed by atoms with van der Waals surface area (Å²) >= 11 is 8.57. The van der Waals surface area contributed by atoms with E-state index in [2.05, 4.69) is 40.9 Å². The number of halogens is 5. The van der Waals surface area contributed by atoms with Gasteiger partial charge in [-0.2, -0.15) is 33.4 Å². The van der Waals surface area contributed by atoms with E-state index in [9.17, 15) is 28.5 Å². The standard InChI is InChI=1S/C13H2BrClF3N8O2/c14-5-2-20-11(16)21-7(5)6-4(1-19)3-25(13(18)22-6)10-8(26(27)28)9(15)23-12(17)24-10/h2-3H. The molecule has 10 nitrogen and oxygen atoms in total. The summed E-state index contributed by atoms with van der Waals surface area (Å²) in [6, 6.07) is 1.66. The molecule has 1 radical (unpaired) electrons. The number of nitro groups is 1. The Bertz CT molecular complexity index is 1120. The van der Waals surface area contributed by atoms with Crippen LogP contribution in [0, 0.1) is 40.1 Å². The van der Waals surface area contributed by atoms with Crippen LogP contribution in [0.5, 0.6) is 0 Å². The first kappa shape index (κ1) is 19.6. The molecular weight excluding hydrogens is 473 g/mol. The molecule has 3 heterocycles. The fourth-order valence-electron chi connectivity index (χ4n) is 2.09. The van der Waals surface area contributed by atoms with Gasteiger partial charge in [0.15, 0.2) is 0 Å². The number of nitrogens with zero attached hydrogens (tertiary/aromatic N) is 8. The molecule has 0 atom stereocenters. The van der Waals surface area contributed by atoms with Crippen LogP contribution in [-0.4, -0.2) is 30.9 Å². The number of nitriles is 1. The van der Waals surface area contributed by atoms with Crippen LogP contribution in [0.1, 0.15) is 5.69 Å². The van der Waals surface area contributed by atoms with Crippen molar-refractivity contribution in [2.75, 3.05) is 4.90 Å². The molecule has 0 spiro atoms. The van der Waals surface area contributed by atoms with Crippen LogP contribution in [-0.2, 0) is 0 Å². The number of aromatic nitrogens is 4. The zero-order valence-corrected chi connectivity index (χ0v) is 15.3. The number of amidine groups is 1. The van der Waals surface area contributed by atoms with Gasteiger partial charge in [0.25, 0.3) is 6.09 Å². The molecule has 0 bridgehead atoms. The van der Waals surface area contributed by atoms with E-state index in [1.165, 1.54) is 0 Å². The van der Waals surface area contributed by atoms with Crippen molar-refractivity contribution in [3.63, 3.8) is 0 Å². The van der Waals surface area contributed by atoms with E-state index in [1.807, 2.05) is 0 Å². The lowest BCUT2D eigenvalue weighted by molar-refractivity contribution is -0.384. The first-order valence-electron chi connectivity index (χ1n) is 6.81. The van der Waals surface area contributed by atoms with Gasteiger partial charge in [0, 0.05) is 6.20 Å². The van der Waals surface area contributed by atoms with Crippen molar-refractivity contribution in [2.24, 2.45) is 4.99 Å². The van der Waals surface area contributed by atoms with Gasteiger partial charge in [0.2, 0.25) is 11.0 Å². The number of rotatable bonds is 3. The average Bonchev–Trinajstić information content (AvgIpc) is 2.62. The van der Waals surface area contributed by atoms with Gasteiger partial charge in [-0.05, 0) is 15.9 Å². The van der Waals surface area contributed by atoms with E-state index < -0.39 is 45.5 Å². The molecule has 0 fully saturated rings. The highest BCUT2D eigenvalue weighted by atomic mass is 79.9. The zero-order valence-electron chi connectivity index (χ0n) is 12.9. The minimum Gasteiger partial charge on any atom is -0.270 e. The Morgan fingerprint density at radius 3 is 2.61 bits per heavy atom. The second kappa shape index (κ2) is 7.44. The van der Waals surface area contributed by atoms with Gasteiger partial charge in [-0.15, -0.1) is 0 Å². The van der Waals surface area contributed by atoms with E-state index >= 15 is 0 Å².